The Hall–Kier alpha value is -0.170. The van der Waals surface area contributed by atoms with Crippen LogP contribution in [-0.2, 0) is 14.8 Å². The summed E-state index contributed by atoms with van der Waals surface area (Å²) in [5, 5.41) is 8.15. The van der Waals surface area contributed by atoms with Gasteiger partial charge in [0.25, 0.3) is 0 Å². The molecule has 0 spiro atoms. The monoisotopic (exact) mass is 250 g/mol. The van der Waals surface area contributed by atoms with Gasteiger partial charge in [0.05, 0.1) is 11.9 Å². The zero-order chi connectivity index (χ0) is 12.4. The van der Waals surface area contributed by atoms with Crippen LogP contribution < -0.4 is 10.5 Å². The molecule has 1 aliphatic carbocycles. The summed E-state index contributed by atoms with van der Waals surface area (Å²) in [6, 6.07) is 0.311. The SMILES string of the molecule is CCOC1CC(NCCS(N)(=O)=O)C1(C)C. The van der Waals surface area contributed by atoms with Crippen molar-refractivity contribution < 1.29 is 13.2 Å². The van der Waals surface area contributed by atoms with Crippen molar-refractivity contribution >= 4 is 10.0 Å². The van der Waals surface area contributed by atoms with Crippen LogP contribution in [0, 0.1) is 5.41 Å². The fourth-order valence-corrected chi connectivity index (χ4v) is 2.49. The fourth-order valence-electron chi connectivity index (χ4n) is 2.09. The van der Waals surface area contributed by atoms with E-state index in [0.717, 1.165) is 13.0 Å². The molecule has 2 atom stereocenters. The van der Waals surface area contributed by atoms with Crippen LogP contribution in [0.25, 0.3) is 0 Å². The van der Waals surface area contributed by atoms with Crippen molar-refractivity contribution in [3.05, 3.63) is 0 Å². The van der Waals surface area contributed by atoms with Gasteiger partial charge in [0.2, 0.25) is 10.0 Å². The Balaban J connectivity index is 2.31. The largest absolute Gasteiger partial charge is 0.378 e. The lowest BCUT2D eigenvalue weighted by molar-refractivity contribution is -0.113. The number of primary sulfonamides is 1. The second kappa shape index (κ2) is 5.00. The molecule has 0 bridgehead atoms. The highest BCUT2D eigenvalue weighted by molar-refractivity contribution is 7.89. The van der Waals surface area contributed by atoms with Gasteiger partial charge < -0.3 is 10.1 Å². The van der Waals surface area contributed by atoms with Crippen LogP contribution >= 0.6 is 0 Å². The smallest absolute Gasteiger partial charge is 0.210 e. The van der Waals surface area contributed by atoms with Gasteiger partial charge in [0.15, 0.2) is 0 Å². The van der Waals surface area contributed by atoms with Crippen LogP contribution in [0.3, 0.4) is 0 Å². The molecule has 1 saturated carbocycles. The Morgan fingerprint density at radius 1 is 1.50 bits per heavy atom. The summed E-state index contributed by atoms with van der Waals surface area (Å²) in [5.41, 5.74) is 0.0639. The average Bonchev–Trinajstić information content (AvgIpc) is 2.13. The Kier molecular flexibility index (Phi) is 4.34. The maximum atomic E-state index is 10.8. The molecule has 1 fully saturated rings. The van der Waals surface area contributed by atoms with Crippen molar-refractivity contribution in [1.29, 1.82) is 0 Å². The number of hydrogen-bond acceptors (Lipinski definition) is 4. The maximum Gasteiger partial charge on any atom is 0.210 e. The molecule has 0 aromatic carbocycles. The highest BCUT2D eigenvalue weighted by atomic mass is 32.2. The first-order chi connectivity index (χ1) is 7.27. The van der Waals surface area contributed by atoms with E-state index < -0.39 is 10.0 Å². The van der Waals surface area contributed by atoms with E-state index >= 15 is 0 Å². The fraction of sp³-hybridized carbons (Fsp3) is 1.00. The molecule has 0 aromatic rings. The van der Waals surface area contributed by atoms with Crippen LogP contribution in [0.4, 0.5) is 0 Å². The number of ether oxygens (including phenoxy) is 1. The van der Waals surface area contributed by atoms with E-state index in [2.05, 4.69) is 19.2 Å². The second-order valence-corrected chi connectivity index (χ2v) is 6.61. The third-order valence-electron chi connectivity index (χ3n) is 3.32. The van der Waals surface area contributed by atoms with Crippen molar-refractivity contribution in [3.63, 3.8) is 0 Å². The Morgan fingerprint density at radius 2 is 2.12 bits per heavy atom. The molecule has 3 N–H and O–H groups in total. The van der Waals surface area contributed by atoms with Gasteiger partial charge in [-0.3, -0.25) is 0 Å². The van der Waals surface area contributed by atoms with Gasteiger partial charge in [-0.1, -0.05) is 13.8 Å². The summed E-state index contributed by atoms with van der Waals surface area (Å²) in [4.78, 5) is 0. The van der Waals surface area contributed by atoms with Crippen molar-refractivity contribution in [1.82, 2.24) is 5.32 Å². The summed E-state index contributed by atoms with van der Waals surface area (Å²) < 4.78 is 27.1. The zero-order valence-corrected chi connectivity index (χ0v) is 11.0. The van der Waals surface area contributed by atoms with Crippen molar-refractivity contribution in [2.45, 2.75) is 39.3 Å². The summed E-state index contributed by atoms with van der Waals surface area (Å²) in [6.07, 6.45) is 1.20. The first kappa shape index (κ1) is 13.9. The summed E-state index contributed by atoms with van der Waals surface area (Å²) >= 11 is 0. The summed E-state index contributed by atoms with van der Waals surface area (Å²) in [7, 11) is -3.36. The molecule has 5 nitrogen and oxygen atoms in total. The molecular weight excluding hydrogens is 228 g/mol. The van der Waals surface area contributed by atoms with Gasteiger partial charge in [-0.05, 0) is 13.3 Å². The molecule has 1 rings (SSSR count). The minimum absolute atomic E-state index is 0.0150. The van der Waals surface area contributed by atoms with E-state index in [4.69, 9.17) is 9.88 Å². The Bertz CT molecular complexity index is 327. The van der Waals surface area contributed by atoms with Gasteiger partial charge in [0, 0.05) is 24.6 Å². The molecule has 16 heavy (non-hydrogen) atoms. The predicted octanol–water partition coefficient (Wildman–Crippen LogP) is 0.0681. The molecule has 6 heteroatoms. The first-order valence-corrected chi connectivity index (χ1v) is 7.34. The molecule has 0 saturated heterocycles. The van der Waals surface area contributed by atoms with Crippen LogP contribution in [0.2, 0.25) is 0 Å². The van der Waals surface area contributed by atoms with E-state index in [0.29, 0.717) is 12.6 Å². The van der Waals surface area contributed by atoms with Gasteiger partial charge in [-0.2, -0.15) is 0 Å². The summed E-state index contributed by atoms with van der Waals surface area (Å²) in [5.74, 6) is -0.0150. The summed E-state index contributed by atoms with van der Waals surface area (Å²) in [6.45, 7) is 7.37. The molecule has 0 amide bonds. The predicted molar refractivity (Wildman–Crippen MR) is 63.6 cm³/mol. The van der Waals surface area contributed by atoms with Crippen LogP contribution in [0.5, 0.6) is 0 Å². The van der Waals surface area contributed by atoms with E-state index in [1.807, 2.05) is 6.92 Å². The highest BCUT2D eigenvalue weighted by Crippen LogP contribution is 2.42. The lowest BCUT2D eigenvalue weighted by Gasteiger charge is -2.52. The number of hydrogen-bond donors (Lipinski definition) is 2. The Labute approximate surface area is 97.8 Å². The molecule has 0 heterocycles. The van der Waals surface area contributed by atoms with Gasteiger partial charge in [-0.25, -0.2) is 13.6 Å². The highest BCUT2D eigenvalue weighted by Gasteiger charge is 2.48. The number of sulfonamides is 1. The lowest BCUT2D eigenvalue weighted by Crippen LogP contribution is -2.61. The third-order valence-corrected chi connectivity index (χ3v) is 4.10. The number of rotatable bonds is 6. The van der Waals surface area contributed by atoms with Gasteiger partial charge >= 0.3 is 0 Å². The second-order valence-electron chi connectivity index (χ2n) is 4.87. The third kappa shape index (κ3) is 3.41. The number of nitrogens with two attached hydrogens (primary N) is 1. The van der Waals surface area contributed by atoms with E-state index in [-0.39, 0.29) is 17.3 Å². The quantitative estimate of drug-likeness (QED) is 0.699. The Morgan fingerprint density at radius 3 is 2.56 bits per heavy atom. The van der Waals surface area contributed by atoms with Crippen molar-refractivity contribution in [2.24, 2.45) is 10.6 Å². The average molecular weight is 250 g/mol. The van der Waals surface area contributed by atoms with E-state index in [1.54, 1.807) is 0 Å². The van der Waals surface area contributed by atoms with E-state index in [1.165, 1.54) is 0 Å². The van der Waals surface area contributed by atoms with Crippen LogP contribution in [0.15, 0.2) is 0 Å². The topological polar surface area (TPSA) is 81.4 Å². The normalized spacial score (nSPS) is 28.8. The molecule has 1 aliphatic rings. The van der Waals surface area contributed by atoms with Crippen LogP contribution in [0.1, 0.15) is 27.2 Å². The van der Waals surface area contributed by atoms with Crippen molar-refractivity contribution in [2.75, 3.05) is 18.9 Å². The van der Waals surface area contributed by atoms with Crippen LogP contribution in [-0.4, -0.2) is 39.5 Å². The molecule has 2 unspecified atom stereocenters. The minimum atomic E-state index is -3.36. The van der Waals surface area contributed by atoms with Gasteiger partial charge in [0.1, 0.15) is 0 Å². The molecule has 96 valence electrons. The number of nitrogens with one attached hydrogen (secondary N) is 1. The standard InChI is InChI=1S/C10H22N2O3S/c1-4-15-9-7-8(10(9,2)3)12-5-6-16(11,13)14/h8-9,12H,4-7H2,1-3H3,(H2,11,13,14). The minimum Gasteiger partial charge on any atom is -0.378 e. The molecule has 0 radical (unpaired) electrons. The van der Waals surface area contributed by atoms with Gasteiger partial charge in [-0.15, -0.1) is 0 Å². The first-order valence-electron chi connectivity index (χ1n) is 5.63. The maximum absolute atomic E-state index is 10.8. The molecule has 0 aliphatic heterocycles. The van der Waals surface area contributed by atoms with E-state index in [9.17, 15) is 8.42 Å². The zero-order valence-electron chi connectivity index (χ0n) is 10.2. The van der Waals surface area contributed by atoms with Crippen molar-refractivity contribution in [3.8, 4) is 0 Å². The molecular formula is C10H22N2O3S. The molecule has 0 aromatic heterocycles. The lowest BCUT2D eigenvalue weighted by atomic mass is 9.64.